The van der Waals surface area contributed by atoms with E-state index in [2.05, 4.69) is 43.3 Å². The second-order valence-corrected chi connectivity index (χ2v) is 8.62. The third-order valence-electron chi connectivity index (χ3n) is 5.93. The van der Waals surface area contributed by atoms with E-state index in [1.807, 2.05) is 31.2 Å². The summed E-state index contributed by atoms with van der Waals surface area (Å²) in [6.07, 6.45) is 4.52. The zero-order valence-corrected chi connectivity index (χ0v) is 20.5. The summed E-state index contributed by atoms with van der Waals surface area (Å²) in [6.45, 7) is 4.67. The first-order chi connectivity index (χ1) is 17.5. The number of ether oxygens (including phenoxy) is 2. The summed E-state index contributed by atoms with van der Waals surface area (Å²) in [7, 11) is 0. The maximum Gasteiger partial charge on any atom is 0.343 e. The molecule has 0 heterocycles. The second-order valence-electron chi connectivity index (χ2n) is 8.62. The van der Waals surface area contributed by atoms with Crippen LogP contribution in [0.25, 0.3) is 12.2 Å². The van der Waals surface area contributed by atoms with E-state index in [0.29, 0.717) is 29.6 Å². The third kappa shape index (κ3) is 6.70. The molecule has 36 heavy (non-hydrogen) atoms. The van der Waals surface area contributed by atoms with E-state index in [9.17, 15) is 9.18 Å². The summed E-state index contributed by atoms with van der Waals surface area (Å²) in [5.41, 5.74) is 4.10. The van der Waals surface area contributed by atoms with E-state index in [0.717, 1.165) is 12.0 Å². The maximum absolute atomic E-state index is 14.7. The van der Waals surface area contributed by atoms with Gasteiger partial charge in [0.15, 0.2) is 0 Å². The molecule has 3 nitrogen and oxygen atoms in total. The standard InChI is InChI=1S/C32H29FO3/c1-3-35-29-17-19-30(20-18-29)36-32(34)28-16-15-27(31(33)22-28)14-13-24-9-11-25(12-10-24)21-23(2)26-7-5-4-6-8-26/h4-20,22-23H,3,21H2,1-2H3/t23-/m0/s1. The normalized spacial score (nSPS) is 11.9. The van der Waals surface area contributed by atoms with Crippen molar-refractivity contribution in [3.63, 3.8) is 0 Å². The fourth-order valence-electron chi connectivity index (χ4n) is 3.93. The fraction of sp³-hybridized carbons (Fsp3) is 0.156. The van der Waals surface area contributed by atoms with Crippen LogP contribution in [-0.2, 0) is 6.42 Å². The molecule has 0 saturated heterocycles. The molecule has 4 aromatic carbocycles. The predicted molar refractivity (Wildman–Crippen MR) is 143 cm³/mol. The summed E-state index contributed by atoms with van der Waals surface area (Å²) < 4.78 is 25.4. The zero-order valence-electron chi connectivity index (χ0n) is 20.5. The average Bonchev–Trinajstić information content (AvgIpc) is 2.90. The van der Waals surface area contributed by atoms with Crippen LogP contribution in [0.5, 0.6) is 11.5 Å². The monoisotopic (exact) mass is 480 g/mol. The Balaban J connectivity index is 1.36. The number of hydrogen-bond acceptors (Lipinski definition) is 3. The summed E-state index contributed by atoms with van der Waals surface area (Å²) in [5, 5.41) is 0. The van der Waals surface area contributed by atoms with E-state index >= 15 is 0 Å². The molecular formula is C32H29FO3. The first-order valence-corrected chi connectivity index (χ1v) is 12.1. The van der Waals surface area contributed by atoms with Crippen molar-refractivity contribution >= 4 is 18.1 Å². The van der Waals surface area contributed by atoms with Crippen LogP contribution < -0.4 is 9.47 Å². The Kier molecular flexibility index (Phi) is 8.30. The molecule has 0 aliphatic heterocycles. The first kappa shape index (κ1) is 24.9. The third-order valence-corrected chi connectivity index (χ3v) is 5.93. The summed E-state index contributed by atoms with van der Waals surface area (Å²) in [4.78, 5) is 12.4. The molecule has 0 amide bonds. The molecular weight excluding hydrogens is 451 g/mol. The molecule has 0 unspecified atom stereocenters. The highest BCUT2D eigenvalue weighted by atomic mass is 19.1. The molecule has 0 bridgehead atoms. The SMILES string of the molecule is CCOc1ccc(OC(=O)c2ccc(C=Cc3ccc(C[C@H](C)c4ccccc4)cc3)c(F)c2)cc1. The molecule has 0 spiro atoms. The number of rotatable bonds is 9. The predicted octanol–water partition coefficient (Wildman–Crippen LogP) is 7.96. The van der Waals surface area contributed by atoms with Crippen LogP contribution in [0.15, 0.2) is 97.1 Å². The lowest BCUT2D eigenvalue weighted by Gasteiger charge is -2.12. The van der Waals surface area contributed by atoms with Gasteiger partial charge >= 0.3 is 5.97 Å². The van der Waals surface area contributed by atoms with Crippen molar-refractivity contribution in [2.45, 2.75) is 26.2 Å². The smallest absolute Gasteiger partial charge is 0.343 e. The van der Waals surface area contributed by atoms with Crippen molar-refractivity contribution in [1.29, 1.82) is 0 Å². The van der Waals surface area contributed by atoms with Crippen molar-refractivity contribution in [2.24, 2.45) is 0 Å². The topological polar surface area (TPSA) is 35.5 Å². The summed E-state index contributed by atoms with van der Waals surface area (Å²) >= 11 is 0. The largest absolute Gasteiger partial charge is 0.494 e. The quantitative estimate of drug-likeness (QED) is 0.138. The average molecular weight is 481 g/mol. The van der Waals surface area contributed by atoms with Gasteiger partial charge in [0.2, 0.25) is 0 Å². The van der Waals surface area contributed by atoms with E-state index in [4.69, 9.17) is 9.47 Å². The van der Waals surface area contributed by atoms with Gasteiger partial charge in [-0.15, -0.1) is 0 Å². The van der Waals surface area contributed by atoms with E-state index in [1.165, 1.54) is 17.2 Å². The Morgan fingerprint density at radius 2 is 1.56 bits per heavy atom. The number of carbonyl (C=O) groups is 1. The molecule has 4 rings (SSSR count). The van der Waals surface area contributed by atoms with Crippen LogP contribution in [0.4, 0.5) is 4.39 Å². The van der Waals surface area contributed by atoms with Crippen LogP contribution in [0.1, 0.15) is 52.4 Å². The Bertz CT molecular complexity index is 1310. The molecule has 0 aromatic heterocycles. The van der Waals surface area contributed by atoms with E-state index < -0.39 is 11.8 Å². The van der Waals surface area contributed by atoms with Crippen molar-refractivity contribution in [3.05, 3.63) is 131 Å². The molecule has 0 aliphatic carbocycles. The Labute approximate surface area is 211 Å². The van der Waals surface area contributed by atoms with Gasteiger partial charge in [-0.25, -0.2) is 9.18 Å². The summed E-state index contributed by atoms with van der Waals surface area (Å²) in [5.74, 6) is 0.390. The summed E-state index contributed by atoms with van der Waals surface area (Å²) in [6, 6.07) is 29.8. The number of carbonyl (C=O) groups excluding carboxylic acids is 1. The van der Waals surface area contributed by atoms with E-state index in [1.54, 1.807) is 42.5 Å². The zero-order chi connectivity index (χ0) is 25.3. The molecule has 0 fully saturated rings. The Hall–Kier alpha value is -4.18. The van der Waals surface area contributed by atoms with Gasteiger partial charge in [0, 0.05) is 5.56 Å². The lowest BCUT2D eigenvalue weighted by atomic mass is 9.93. The highest BCUT2D eigenvalue weighted by Gasteiger charge is 2.12. The van der Waals surface area contributed by atoms with Crippen LogP contribution >= 0.6 is 0 Å². The fourth-order valence-corrected chi connectivity index (χ4v) is 3.93. The molecule has 1 atom stereocenters. The minimum Gasteiger partial charge on any atom is -0.494 e. The van der Waals surface area contributed by atoms with Crippen molar-refractivity contribution in [3.8, 4) is 11.5 Å². The van der Waals surface area contributed by atoms with Gasteiger partial charge in [-0.1, -0.05) is 79.7 Å². The van der Waals surface area contributed by atoms with Gasteiger partial charge in [-0.2, -0.15) is 0 Å². The number of esters is 1. The molecule has 182 valence electrons. The van der Waals surface area contributed by atoms with Crippen LogP contribution in [0.2, 0.25) is 0 Å². The van der Waals surface area contributed by atoms with Gasteiger partial charge in [-0.3, -0.25) is 0 Å². The highest BCUT2D eigenvalue weighted by molar-refractivity contribution is 5.91. The van der Waals surface area contributed by atoms with Crippen molar-refractivity contribution < 1.29 is 18.7 Å². The molecule has 0 radical (unpaired) electrons. The van der Waals surface area contributed by atoms with Crippen LogP contribution in [0.3, 0.4) is 0 Å². The van der Waals surface area contributed by atoms with Gasteiger partial charge in [0.1, 0.15) is 17.3 Å². The van der Waals surface area contributed by atoms with E-state index in [-0.39, 0.29) is 5.56 Å². The lowest BCUT2D eigenvalue weighted by Crippen LogP contribution is -2.09. The molecule has 0 saturated carbocycles. The van der Waals surface area contributed by atoms with Crippen LogP contribution in [0, 0.1) is 5.82 Å². The molecule has 4 heteroatoms. The van der Waals surface area contributed by atoms with Crippen molar-refractivity contribution in [1.82, 2.24) is 0 Å². The molecule has 0 N–H and O–H groups in total. The van der Waals surface area contributed by atoms with Gasteiger partial charge < -0.3 is 9.47 Å². The number of benzene rings is 4. The van der Waals surface area contributed by atoms with Gasteiger partial charge in [0.25, 0.3) is 0 Å². The van der Waals surface area contributed by atoms with Gasteiger partial charge in [-0.05, 0) is 72.4 Å². The minimum absolute atomic E-state index is 0.149. The Morgan fingerprint density at radius 1 is 0.861 bits per heavy atom. The van der Waals surface area contributed by atoms with Gasteiger partial charge in [0.05, 0.1) is 12.2 Å². The number of halogens is 1. The van der Waals surface area contributed by atoms with Crippen LogP contribution in [-0.4, -0.2) is 12.6 Å². The lowest BCUT2D eigenvalue weighted by molar-refractivity contribution is 0.0734. The van der Waals surface area contributed by atoms with Crippen molar-refractivity contribution in [2.75, 3.05) is 6.61 Å². The first-order valence-electron chi connectivity index (χ1n) is 12.1. The molecule has 0 aliphatic rings. The number of hydrogen-bond donors (Lipinski definition) is 0. The molecule has 4 aromatic rings. The second kappa shape index (κ2) is 12.0. The minimum atomic E-state index is -0.617. The maximum atomic E-state index is 14.7. The Morgan fingerprint density at radius 3 is 2.22 bits per heavy atom. The highest BCUT2D eigenvalue weighted by Crippen LogP contribution is 2.22.